The van der Waals surface area contributed by atoms with Gasteiger partial charge >= 0.3 is 0 Å². The number of rotatable bonds is 5. The summed E-state index contributed by atoms with van der Waals surface area (Å²) in [4.78, 5) is 4.94. The Morgan fingerprint density at radius 2 is 1.57 bits per heavy atom. The van der Waals surface area contributed by atoms with Crippen molar-refractivity contribution in [1.82, 2.24) is 20.4 Å². The summed E-state index contributed by atoms with van der Waals surface area (Å²) in [6.45, 7) is 19.1. The van der Waals surface area contributed by atoms with Crippen molar-refractivity contribution in [3.05, 3.63) is 0 Å². The van der Waals surface area contributed by atoms with Crippen LogP contribution in [-0.4, -0.2) is 73.7 Å². The van der Waals surface area contributed by atoms with E-state index in [1.54, 1.807) is 0 Å². The molecule has 0 bridgehead atoms. The molecule has 0 amide bonds. The number of hydrogen-bond donors (Lipinski definition) is 2. The van der Waals surface area contributed by atoms with E-state index in [0.29, 0.717) is 30.2 Å². The van der Waals surface area contributed by atoms with Crippen LogP contribution in [0.15, 0.2) is 0 Å². The first kappa shape index (κ1) is 20.8. The lowest BCUT2D eigenvalue weighted by atomic mass is 10.1. The van der Waals surface area contributed by atoms with Crippen LogP contribution >= 0.6 is 0 Å². The molecular weight excluding hydrogens is 260 g/mol. The highest BCUT2D eigenvalue weighted by atomic mass is 15.3. The minimum Gasteiger partial charge on any atom is -0.318 e. The van der Waals surface area contributed by atoms with Gasteiger partial charge in [0.25, 0.3) is 0 Å². The molecular formula is C17H40N4. The normalized spacial score (nSPS) is 25.1. The molecule has 4 heteroatoms. The molecule has 1 aliphatic rings. The van der Waals surface area contributed by atoms with Crippen LogP contribution in [-0.2, 0) is 0 Å². The maximum Gasteiger partial charge on any atom is 0.0198 e. The molecule has 2 N–H and O–H groups in total. The van der Waals surface area contributed by atoms with Gasteiger partial charge in [0.15, 0.2) is 0 Å². The number of likely N-dealkylation sites (N-methyl/N-ethyl adjacent to an activating group) is 2. The zero-order valence-corrected chi connectivity index (χ0v) is 15.9. The maximum atomic E-state index is 3.43. The summed E-state index contributed by atoms with van der Waals surface area (Å²) in [5.74, 6) is 0. The Labute approximate surface area is 133 Å². The molecule has 0 aromatic heterocycles. The molecule has 0 aromatic rings. The summed E-state index contributed by atoms with van der Waals surface area (Å²) in [6, 6.07) is 3.34. The van der Waals surface area contributed by atoms with E-state index in [9.17, 15) is 0 Å². The topological polar surface area (TPSA) is 30.5 Å². The largest absolute Gasteiger partial charge is 0.318 e. The lowest BCUT2D eigenvalue weighted by Gasteiger charge is -2.42. The van der Waals surface area contributed by atoms with Gasteiger partial charge < -0.3 is 15.5 Å². The fourth-order valence-corrected chi connectivity index (χ4v) is 3.11. The van der Waals surface area contributed by atoms with Crippen molar-refractivity contribution in [1.29, 1.82) is 0 Å². The molecule has 1 rings (SSSR count). The van der Waals surface area contributed by atoms with Gasteiger partial charge in [-0.3, -0.25) is 4.90 Å². The Hall–Kier alpha value is -0.160. The van der Waals surface area contributed by atoms with Gasteiger partial charge in [-0.25, -0.2) is 0 Å². The predicted octanol–water partition coefficient (Wildman–Crippen LogP) is 2.01. The molecule has 1 fully saturated rings. The number of nitrogens with one attached hydrogen (secondary N) is 2. The van der Waals surface area contributed by atoms with E-state index in [-0.39, 0.29) is 0 Å². The molecule has 3 atom stereocenters. The third-order valence-corrected chi connectivity index (χ3v) is 4.50. The lowest BCUT2D eigenvalue weighted by molar-refractivity contribution is 0.0827. The van der Waals surface area contributed by atoms with E-state index in [1.165, 1.54) is 0 Å². The van der Waals surface area contributed by atoms with Gasteiger partial charge in [-0.1, -0.05) is 0 Å². The smallest absolute Gasteiger partial charge is 0.0198 e. The standard InChI is InChI=1S/C9H20N2.C8H20N2/c1-7(2)11-8(3)5-10-6-9(11)4;1-7(2)10(5)8(3)6-9-4/h7-10H,5-6H2,1-4H3;7-9H,6H2,1-5H3. The average Bonchev–Trinajstić information content (AvgIpc) is 2.38. The van der Waals surface area contributed by atoms with Crippen LogP contribution in [0.1, 0.15) is 48.5 Å². The summed E-state index contributed by atoms with van der Waals surface area (Å²) >= 11 is 0. The molecule has 21 heavy (non-hydrogen) atoms. The average molecular weight is 301 g/mol. The molecule has 128 valence electrons. The van der Waals surface area contributed by atoms with Crippen molar-refractivity contribution in [2.75, 3.05) is 33.7 Å². The number of hydrogen-bond acceptors (Lipinski definition) is 4. The molecule has 3 unspecified atom stereocenters. The van der Waals surface area contributed by atoms with E-state index in [4.69, 9.17) is 0 Å². The number of piperazine rings is 1. The van der Waals surface area contributed by atoms with Crippen LogP contribution in [0.5, 0.6) is 0 Å². The first-order chi connectivity index (χ1) is 9.72. The fourth-order valence-electron chi connectivity index (χ4n) is 3.11. The first-order valence-corrected chi connectivity index (χ1v) is 8.57. The van der Waals surface area contributed by atoms with E-state index in [0.717, 1.165) is 19.6 Å². The summed E-state index contributed by atoms with van der Waals surface area (Å²) in [6.07, 6.45) is 0. The number of nitrogens with zero attached hydrogens (tertiary/aromatic N) is 2. The van der Waals surface area contributed by atoms with Crippen molar-refractivity contribution in [3.8, 4) is 0 Å². The summed E-state index contributed by atoms with van der Waals surface area (Å²) in [7, 11) is 4.15. The van der Waals surface area contributed by atoms with Crippen molar-refractivity contribution < 1.29 is 0 Å². The van der Waals surface area contributed by atoms with Crippen molar-refractivity contribution >= 4 is 0 Å². The molecule has 0 radical (unpaired) electrons. The van der Waals surface area contributed by atoms with Crippen LogP contribution in [0.25, 0.3) is 0 Å². The second-order valence-electron chi connectivity index (χ2n) is 7.06. The van der Waals surface area contributed by atoms with Gasteiger partial charge in [0.1, 0.15) is 0 Å². The zero-order valence-electron chi connectivity index (χ0n) is 15.9. The highest BCUT2D eigenvalue weighted by Crippen LogP contribution is 2.12. The van der Waals surface area contributed by atoms with Crippen molar-refractivity contribution in [2.45, 2.75) is 78.7 Å². The molecule has 0 aliphatic carbocycles. The van der Waals surface area contributed by atoms with Crippen LogP contribution in [0.3, 0.4) is 0 Å². The predicted molar refractivity (Wildman–Crippen MR) is 95.1 cm³/mol. The molecule has 0 aromatic carbocycles. The minimum atomic E-state index is 0.630. The second-order valence-corrected chi connectivity index (χ2v) is 7.06. The Morgan fingerprint density at radius 3 is 1.86 bits per heavy atom. The zero-order chi connectivity index (χ0) is 16.6. The maximum absolute atomic E-state index is 3.43. The van der Waals surface area contributed by atoms with Gasteiger partial charge in [0.05, 0.1) is 0 Å². The monoisotopic (exact) mass is 300 g/mol. The third-order valence-electron chi connectivity index (χ3n) is 4.50. The summed E-state index contributed by atoms with van der Waals surface area (Å²) in [5, 5.41) is 6.59. The van der Waals surface area contributed by atoms with E-state index in [2.05, 4.69) is 75.9 Å². The van der Waals surface area contributed by atoms with Gasteiger partial charge in [-0.15, -0.1) is 0 Å². The Morgan fingerprint density at radius 1 is 1.10 bits per heavy atom. The highest BCUT2D eigenvalue weighted by Gasteiger charge is 2.25. The third kappa shape index (κ3) is 7.59. The molecule has 0 spiro atoms. The van der Waals surface area contributed by atoms with Crippen LogP contribution in [0.2, 0.25) is 0 Å². The summed E-state index contributed by atoms with van der Waals surface area (Å²) in [5.41, 5.74) is 0. The van der Waals surface area contributed by atoms with Gasteiger partial charge in [-0.05, 0) is 62.6 Å². The summed E-state index contributed by atoms with van der Waals surface area (Å²) < 4.78 is 0. The molecule has 4 nitrogen and oxygen atoms in total. The Kier molecular flexibility index (Phi) is 10.5. The molecule has 0 saturated carbocycles. The van der Waals surface area contributed by atoms with Crippen molar-refractivity contribution in [2.24, 2.45) is 0 Å². The Balaban J connectivity index is 0.000000384. The van der Waals surface area contributed by atoms with Crippen LogP contribution in [0, 0.1) is 0 Å². The highest BCUT2D eigenvalue weighted by molar-refractivity contribution is 4.84. The molecule has 1 heterocycles. The van der Waals surface area contributed by atoms with E-state index >= 15 is 0 Å². The van der Waals surface area contributed by atoms with E-state index in [1.807, 2.05) is 7.05 Å². The van der Waals surface area contributed by atoms with Crippen LogP contribution in [0.4, 0.5) is 0 Å². The Bertz CT molecular complexity index is 245. The van der Waals surface area contributed by atoms with Crippen LogP contribution < -0.4 is 10.6 Å². The molecule has 1 saturated heterocycles. The fraction of sp³-hybridized carbons (Fsp3) is 1.00. The van der Waals surface area contributed by atoms with Gasteiger partial charge in [-0.2, -0.15) is 0 Å². The first-order valence-electron chi connectivity index (χ1n) is 8.57. The minimum absolute atomic E-state index is 0.630. The SMILES string of the molecule is CC(C)N1C(C)CNCC1C.CNCC(C)N(C)C(C)C. The van der Waals surface area contributed by atoms with Gasteiger partial charge in [0, 0.05) is 49.8 Å². The van der Waals surface area contributed by atoms with E-state index < -0.39 is 0 Å². The molecule has 1 aliphatic heterocycles. The van der Waals surface area contributed by atoms with Gasteiger partial charge in [0.2, 0.25) is 0 Å². The van der Waals surface area contributed by atoms with Crippen molar-refractivity contribution in [3.63, 3.8) is 0 Å². The lowest BCUT2D eigenvalue weighted by Crippen LogP contribution is -2.57. The second kappa shape index (κ2) is 10.5. The quantitative estimate of drug-likeness (QED) is 0.813.